The van der Waals surface area contributed by atoms with Gasteiger partial charge in [-0.05, 0) is 48.5 Å². The molecule has 0 aliphatic rings. The molecule has 4 aromatic rings. The summed E-state index contributed by atoms with van der Waals surface area (Å²) in [6, 6.07) is 26.0. The monoisotopic (exact) mass is 820 g/mol. The van der Waals surface area contributed by atoms with Crippen molar-refractivity contribution in [2.45, 2.75) is 25.7 Å². The van der Waals surface area contributed by atoms with Crippen LogP contribution in [0.25, 0.3) is 0 Å². The molecule has 0 spiro atoms. The number of nitrogens with one attached hydrogen (secondary N) is 4. The highest BCUT2D eigenvalue weighted by Crippen LogP contribution is 2.15. The zero-order chi connectivity index (χ0) is 43.0. The molecular formula is C42H48N10O8. The van der Waals surface area contributed by atoms with Crippen LogP contribution in [0.4, 0.5) is 0 Å². The third kappa shape index (κ3) is 17.0. The molecular weight excluding hydrogens is 773 g/mol. The molecule has 4 aromatic carbocycles. The Morgan fingerprint density at radius 2 is 0.600 bits per heavy atom. The first kappa shape index (κ1) is 45.3. The Bertz CT molecular complexity index is 1860. The predicted octanol–water partition coefficient (Wildman–Crippen LogP) is 2.57. The van der Waals surface area contributed by atoms with E-state index in [0.717, 1.165) is 0 Å². The third-order valence-corrected chi connectivity index (χ3v) is 8.67. The molecule has 0 heterocycles. The first-order chi connectivity index (χ1) is 29.1. The van der Waals surface area contributed by atoms with Gasteiger partial charge >= 0.3 is 0 Å². The fourth-order valence-electron chi connectivity index (χ4n) is 5.30. The van der Waals surface area contributed by atoms with E-state index in [4.69, 9.17) is 0 Å². The molecule has 0 aromatic heterocycles. The van der Waals surface area contributed by atoms with Crippen LogP contribution < -0.4 is 21.7 Å². The normalized spacial score (nSPS) is 11.6. The van der Waals surface area contributed by atoms with Crippen LogP contribution in [-0.2, 0) is 19.2 Å². The van der Waals surface area contributed by atoms with Crippen LogP contribution in [0.5, 0.6) is 23.0 Å². The Balaban J connectivity index is 1.38. The molecule has 4 rings (SSSR count). The number of hydrogen-bond acceptors (Lipinski definition) is 14. The number of amides is 4. The Morgan fingerprint density at radius 3 is 0.817 bits per heavy atom. The molecule has 18 nitrogen and oxygen atoms in total. The zero-order valence-electron chi connectivity index (χ0n) is 32.7. The van der Waals surface area contributed by atoms with Crippen LogP contribution in [0.2, 0.25) is 0 Å². The van der Waals surface area contributed by atoms with E-state index in [0.29, 0.717) is 35.3 Å². The van der Waals surface area contributed by atoms with E-state index in [1.54, 1.807) is 72.8 Å². The van der Waals surface area contributed by atoms with Gasteiger partial charge in [0, 0.05) is 87.2 Å². The lowest BCUT2D eigenvalue weighted by atomic mass is 10.2. The number of carbonyl (C=O) groups is 4. The molecule has 18 heteroatoms. The first-order valence-electron chi connectivity index (χ1n) is 18.9. The summed E-state index contributed by atoms with van der Waals surface area (Å²) < 4.78 is 0. The highest BCUT2D eigenvalue weighted by atomic mass is 16.3. The molecule has 314 valence electrons. The molecule has 0 saturated heterocycles. The van der Waals surface area contributed by atoms with Gasteiger partial charge in [-0.25, -0.2) is 21.7 Å². The number of nitrogens with zero attached hydrogens (tertiary/aromatic N) is 6. The lowest BCUT2D eigenvalue weighted by Gasteiger charge is -2.27. The van der Waals surface area contributed by atoms with Crippen molar-refractivity contribution < 1.29 is 39.6 Å². The Morgan fingerprint density at radius 1 is 0.383 bits per heavy atom. The topological polar surface area (TPSA) is 253 Å². The molecule has 0 saturated carbocycles. The van der Waals surface area contributed by atoms with Crippen LogP contribution in [0.1, 0.15) is 47.9 Å². The van der Waals surface area contributed by atoms with Crippen molar-refractivity contribution in [1.29, 1.82) is 0 Å². The molecule has 0 atom stereocenters. The van der Waals surface area contributed by atoms with E-state index in [2.05, 4.69) is 42.1 Å². The molecule has 8 N–H and O–H groups in total. The summed E-state index contributed by atoms with van der Waals surface area (Å²) in [5, 5.41) is 55.6. The van der Waals surface area contributed by atoms with E-state index in [1.807, 2.05) is 9.80 Å². The van der Waals surface area contributed by atoms with Crippen molar-refractivity contribution in [3.05, 3.63) is 119 Å². The average molecular weight is 821 g/mol. The Hall–Kier alpha value is -7.44. The summed E-state index contributed by atoms with van der Waals surface area (Å²) >= 11 is 0. The highest BCUT2D eigenvalue weighted by Gasteiger charge is 2.16. The number of hydrazone groups is 4. The predicted molar refractivity (Wildman–Crippen MR) is 227 cm³/mol. The van der Waals surface area contributed by atoms with E-state index >= 15 is 0 Å². The van der Waals surface area contributed by atoms with Gasteiger partial charge in [0.2, 0.25) is 23.6 Å². The van der Waals surface area contributed by atoms with Crippen LogP contribution in [0.3, 0.4) is 0 Å². The largest absolute Gasteiger partial charge is 0.507 e. The number of carbonyl (C=O) groups excluding carboxylic acids is 4. The number of benzene rings is 4. The van der Waals surface area contributed by atoms with Crippen LogP contribution in [0, 0.1) is 0 Å². The second kappa shape index (κ2) is 25.0. The van der Waals surface area contributed by atoms with Gasteiger partial charge < -0.3 is 30.2 Å². The minimum Gasteiger partial charge on any atom is -0.507 e. The van der Waals surface area contributed by atoms with Gasteiger partial charge in [0.05, 0.1) is 24.9 Å². The summed E-state index contributed by atoms with van der Waals surface area (Å²) in [5.74, 6) is -1.64. The van der Waals surface area contributed by atoms with E-state index in [-0.39, 0.29) is 74.9 Å². The minimum atomic E-state index is -0.414. The molecule has 0 radical (unpaired) electrons. The fourth-order valence-corrected chi connectivity index (χ4v) is 5.30. The maximum Gasteiger partial charge on any atom is 0.241 e. The van der Waals surface area contributed by atoms with Gasteiger partial charge in [0.15, 0.2) is 0 Å². The lowest BCUT2D eigenvalue weighted by Crippen LogP contribution is -2.40. The molecule has 0 aliphatic carbocycles. The zero-order valence-corrected chi connectivity index (χ0v) is 32.7. The summed E-state index contributed by atoms with van der Waals surface area (Å²) in [6.45, 7) is 1.49. The number of rotatable bonds is 23. The van der Waals surface area contributed by atoms with Crippen molar-refractivity contribution in [1.82, 2.24) is 31.5 Å². The van der Waals surface area contributed by atoms with Crippen molar-refractivity contribution >= 4 is 48.5 Å². The number of phenolic OH excluding ortho intramolecular Hbond substituents is 4. The third-order valence-electron chi connectivity index (χ3n) is 8.67. The van der Waals surface area contributed by atoms with Gasteiger partial charge in [-0.3, -0.25) is 19.2 Å². The van der Waals surface area contributed by atoms with Crippen molar-refractivity contribution in [3.8, 4) is 23.0 Å². The standard InChI is InChI=1S/C42H48N10O8/c53-35-13-5-1-9-31(35)27-43-47-39(57)17-21-51(22-18-40(58)48-44-28-32-10-2-6-14-36(32)54)25-26-52(23-19-41(59)49-45-29-33-11-3-7-15-37(33)55)24-20-42(60)50-46-30-34-12-4-8-16-38(34)56/h1-16,27-30,53-56H,17-26H2,(H,47,57)(H,48,58)(H,49,59)(H,50,60)/b43-27+,44-28+,45-29+,46-30+. The number of phenols is 4. The maximum absolute atomic E-state index is 12.8. The van der Waals surface area contributed by atoms with Gasteiger partial charge in [0.1, 0.15) is 23.0 Å². The lowest BCUT2D eigenvalue weighted by molar-refractivity contribution is -0.123. The summed E-state index contributed by atoms with van der Waals surface area (Å²) in [4.78, 5) is 54.8. The smallest absolute Gasteiger partial charge is 0.241 e. The van der Waals surface area contributed by atoms with Crippen LogP contribution in [0.15, 0.2) is 117 Å². The summed E-state index contributed by atoms with van der Waals surface area (Å²) in [7, 11) is 0. The van der Waals surface area contributed by atoms with Gasteiger partial charge in [-0.2, -0.15) is 20.4 Å². The molecule has 0 unspecified atom stereocenters. The maximum atomic E-state index is 12.8. The van der Waals surface area contributed by atoms with Crippen LogP contribution in [-0.4, -0.2) is 118 Å². The molecule has 4 amide bonds. The Labute approximate surface area is 346 Å². The minimum absolute atomic E-state index is 0.0000744. The summed E-state index contributed by atoms with van der Waals surface area (Å²) in [5.41, 5.74) is 11.4. The number of para-hydroxylation sites is 4. The van der Waals surface area contributed by atoms with Crippen molar-refractivity contribution in [3.63, 3.8) is 0 Å². The number of aromatic hydroxyl groups is 4. The highest BCUT2D eigenvalue weighted by molar-refractivity contribution is 5.87. The van der Waals surface area contributed by atoms with E-state index in [1.165, 1.54) is 49.1 Å². The van der Waals surface area contributed by atoms with Crippen molar-refractivity contribution in [2.75, 3.05) is 39.3 Å². The quantitative estimate of drug-likeness (QED) is 0.0401. The van der Waals surface area contributed by atoms with Gasteiger partial charge in [0.25, 0.3) is 0 Å². The second-order valence-corrected chi connectivity index (χ2v) is 13.1. The van der Waals surface area contributed by atoms with E-state index < -0.39 is 23.6 Å². The van der Waals surface area contributed by atoms with E-state index in [9.17, 15) is 39.6 Å². The molecule has 0 aliphatic heterocycles. The fraction of sp³-hybridized carbons (Fsp3) is 0.238. The van der Waals surface area contributed by atoms with Gasteiger partial charge in [-0.15, -0.1) is 0 Å². The first-order valence-corrected chi connectivity index (χ1v) is 18.9. The van der Waals surface area contributed by atoms with Crippen molar-refractivity contribution in [2.24, 2.45) is 20.4 Å². The Kier molecular flexibility index (Phi) is 18.9. The summed E-state index contributed by atoms with van der Waals surface area (Å²) in [6.07, 6.45) is 5.29. The van der Waals surface area contributed by atoms with Crippen LogP contribution >= 0.6 is 0 Å². The SMILES string of the molecule is O=C(CCN(CCC(=O)N/N=C/c1ccccc1O)CCN(CCC(=O)N/N=C/c1ccccc1O)CCC(=O)N/N=C/c1ccccc1O)N/N=C/c1ccccc1O. The molecule has 0 bridgehead atoms. The molecule has 60 heavy (non-hydrogen) atoms. The average Bonchev–Trinajstić information content (AvgIpc) is 3.24. The number of hydrogen-bond donors (Lipinski definition) is 8. The second-order valence-electron chi connectivity index (χ2n) is 13.1. The van der Waals surface area contributed by atoms with Gasteiger partial charge in [-0.1, -0.05) is 48.5 Å². The molecule has 0 fully saturated rings.